The molecule has 2 heterocycles. The number of anilines is 1. The number of hydrogen-bond donors (Lipinski definition) is 1. The number of ether oxygens (including phenoxy) is 1. The van der Waals surface area contributed by atoms with Gasteiger partial charge in [0.25, 0.3) is 0 Å². The van der Waals surface area contributed by atoms with Crippen LogP contribution in [-0.2, 0) is 9.59 Å². The molecular weight excluding hydrogens is 306 g/mol. The van der Waals surface area contributed by atoms with Crippen molar-refractivity contribution in [3.8, 4) is 5.75 Å². The molecular formula is C18H19N3O3. The molecule has 6 nitrogen and oxygen atoms in total. The first-order chi connectivity index (χ1) is 11.6. The van der Waals surface area contributed by atoms with E-state index in [1.807, 2.05) is 24.3 Å². The van der Waals surface area contributed by atoms with Crippen molar-refractivity contribution in [3.05, 3.63) is 54.2 Å². The lowest BCUT2D eigenvalue weighted by Crippen LogP contribution is -2.30. The lowest BCUT2D eigenvalue weighted by Gasteiger charge is -2.25. The quantitative estimate of drug-likeness (QED) is 0.936. The van der Waals surface area contributed by atoms with Gasteiger partial charge in [0.15, 0.2) is 0 Å². The number of aromatic nitrogens is 1. The third-order valence-corrected chi connectivity index (χ3v) is 4.27. The number of pyridine rings is 1. The van der Waals surface area contributed by atoms with Crippen LogP contribution in [0.1, 0.15) is 18.0 Å². The van der Waals surface area contributed by atoms with Gasteiger partial charge in [0.2, 0.25) is 11.8 Å². The molecule has 0 aliphatic carbocycles. The first kappa shape index (κ1) is 16.0. The van der Waals surface area contributed by atoms with Gasteiger partial charge in [-0.25, -0.2) is 4.98 Å². The van der Waals surface area contributed by atoms with Crippen molar-refractivity contribution in [1.29, 1.82) is 0 Å². The zero-order valence-electron chi connectivity index (χ0n) is 13.6. The summed E-state index contributed by atoms with van der Waals surface area (Å²) in [6, 6.07) is 12.4. The summed E-state index contributed by atoms with van der Waals surface area (Å²) in [4.78, 5) is 30.6. The summed E-state index contributed by atoms with van der Waals surface area (Å²) < 4.78 is 5.25. The lowest BCUT2D eigenvalue weighted by atomic mass is 9.92. The van der Waals surface area contributed by atoms with E-state index in [9.17, 15) is 9.59 Å². The highest BCUT2D eigenvalue weighted by Crippen LogP contribution is 2.38. The van der Waals surface area contributed by atoms with Gasteiger partial charge in [0.05, 0.1) is 19.1 Å². The molecule has 2 atom stereocenters. The van der Waals surface area contributed by atoms with E-state index in [1.54, 1.807) is 43.5 Å². The van der Waals surface area contributed by atoms with Crippen LogP contribution in [0.5, 0.6) is 5.75 Å². The lowest BCUT2D eigenvalue weighted by molar-refractivity contribution is -0.128. The van der Waals surface area contributed by atoms with Crippen molar-refractivity contribution < 1.29 is 14.3 Å². The highest BCUT2D eigenvalue weighted by atomic mass is 16.5. The fourth-order valence-electron chi connectivity index (χ4n) is 3.04. The van der Waals surface area contributed by atoms with E-state index in [0.717, 1.165) is 5.56 Å². The second kappa shape index (κ2) is 6.70. The molecule has 0 bridgehead atoms. The van der Waals surface area contributed by atoms with Gasteiger partial charge in [0.1, 0.15) is 11.6 Å². The van der Waals surface area contributed by atoms with Crippen LogP contribution in [0.4, 0.5) is 5.82 Å². The van der Waals surface area contributed by atoms with Gasteiger partial charge in [-0.05, 0) is 29.8 Å². The number of rotatable bonds is 4. The molecule has 2 aromatic rings. The third-order valence-electron chi connectivity index (χ3n) is 4.27. The molecule has 1 aliphatic heterocycles. The van der Waals surface area contributed by atoms with Crippen molar-refractivity contribution in [2.45, 2.75) is 12.5 Å². The second-order valence-electron chi connectivity index (χ2n) is 5.74. The van der Waals surface area contributed by atoms with Crippen molar-refractivity contribution >= 4 is 17.6 Å². The largest absolute Gasteiger partial charge is 0.497 e. The molecule has 0 spiro atoms. The second-order valence-corrected chi connectivity index (χ2v) is 5.74. The molecule has 124 valence electrons. The Morgan fingerprint density at radius 1 is 1.29 bits per heavy atom. The molecule has 1 aliphatic rings. The topological polar surface area (TPSA) is 71.5 Å². The standard InChI is InChI=1S/C18H19N3O3/c1-21-16(22)11-14(18(23)20-15-8-3-4-9-19-15)17(21)12-6-5-7-13(10-12)24-2/h3-10,14,17H,11H2,1-2H3,(H,19,20,23)/t14-,17+/m0/s1. The molecule has 1 saturated heterocycles. The third kappa shape index (κ3) is 3.08. The number of amides is 2. The first-order valence-corrected chi connectivity index (χ1v) is 7.71. The maximum atomic E-state index is 12.7. The van der Waals surface area contributed by atoms with E-state index >= 15 is 0 Å². The maximum Gasteiger partial charge on any atom is 0.231 e. The normalized spacial score (nSPS) is 20.1. The zero-order chi connectivity index (χ0) is 17.1. The Labute approximate surface area is 140 Å². The summed E-state index contributed by atoms with van der Waals surface area (Å²) >= 11 is 0. The smallest absolute Gasteiger partial charge is 0.231 e. The summed E-state index contributed by atoms with van der Waals surface area (Å²) in [7, 11) is 3.31. The Morgan fingerprint density at radius 3 is 2.83 bits per heavy atom. The van der Waals surface area contributed by atoms with Gasteiger partial charge in [-0.1, -0.05) is 18.2 Å². The number of hydrogen-bond acceptors (Lipinski definition) is 4. The molecule has 0 unspecified atom stereocenters. The Hall–Kier alpha value is -2.89. The van der Waals surface area contributed by atoms with E-state index in [0.29, 0.717) is 11.6 Å². The predicted molar refractivity (Wildman–Crippen MR) is 89.5 cm³/mol. The maximum absolute atomic E-state index is 12.7. The van der Waals surface area contributed by atoms with Crippen LogP contribution in [0.3, 0.4) is 0 Å². The fraction of sp³-hybridized carbons (Fsp3) is 0.278. The highest BCUT2D eigenvalue weighted by molar-refractivity contribution is 5.97. The zero-order valence-corrected chi connectivity index (χ0v) is 13.6. The molecule has 3 rings (SSSR count). The van der Waals surface area contributed by atoms with Crippen LogP contribution >= 0.6 is 0 Å². The number of methoxy groups -OCH3 is 1. The van der Waals surface area contributed by atoms with Crippen LogP contribution in [-0.4, -0.2) is 35.9 Å². The minimum atomic E-state index is -0.475. The fourth-order valence-corrected chi connectivity index (χ4v) is 3.04. The van der Waals surface area contributed by atoms with Crippen LogP contribution in [0.15, 0.2) is 48.7 Å². The average Bonchev–Trinajstić information content (AvgIpc) is 2.91. The summed E-state index contributed by atoms with van der Waals surface area (Å²) in [5.74, 6) is 0.442. The minimum Gasteiger partial charge on any atom is -0.497 e. The van der Waals surface area contributed by atoms with E-state index in [-0.39, 0.29) is 24.3 Å². The molecule has 1 aromatic heterocycles. The van der Waals surface area contributed by atoms with Gasteiger partial charge < -0.3 is 15.0 Å². The summed E-state index contributed by atoms with van der Waals surface area (Å²) in [6.07, 6.45) is 1.79. The van der Waals surface area contributed by atoms with Crippen molar-refractivity contribution in [1.82, 2.24) is 9.88 Å². The van der Waals surface area contributed by atoms with Crippen LogP contribution in [0.25, 0.3) is 0 Å². The SMILES string of the molecule is COc1cccc([C@@H]2[C@@H](C(=O)Nc3ccccn3)CC(=O)N2C)c1. The Morgan fingerprint density at radius 2 is 2.12 bits per heavy atom. The van der Waals surface area contributed by atoms with E-state index in [2.05, 4.69) is 10.3 Å². The van der Waals surface area contributed by atoms with Crippen LogP contribution in [0, 0.1) is 5.92 Å². The molecule has 1 fully saturated rings. The van der Waals surface area contributed by atoms with E-state index in [4.69, 9.17) is 4.74 Å². The Balaban J connectivity index is 1.87. The van der Waals surface area contributed by atoms with Gasteiger partial charge >= 0.3 is 0 Å². The van der Waals surface area contributed by atoms with Crippen molar-refractivity contribution in [3.63, 3.8) is 0 Å². The van der Waals surface area contributed by atoms with Gasteiger partial charge in [-0.2, -0.15) is 0 Å². The van der Waals surface area contributed by atoms with E-state index < -0.39 is 5.92 Å². The number of carbonyl (C=O) groups excluding carboxylic acids is 2. The monoisotopic (exact) mass is 325 g/mol. The first-order valence-electron chi connectivity index (χ1n) is 7.71. The van der Waals surface area contributed by atoms with Crippen molar-refractivity contribution in [2.24, 2.45) is 5.92 Å². The summed E-state index contributed by atoms with van der Waals surface area (Å²) in [5, 5.41) is 2.79. The molecule has 2 amide bonds. The summed E-state index contributed by atoms with van der Waals surface area (Å²) in [5.41, 5.74) is 0.879. The summed E-state index contributed by atoms with van der Waals surface area (Å²) in [6.45, 7) is 0. The molecule has 0 saturated carbocycles. The van der Waals surface area contributed by atoms with Gasteiger partial charge in [-0.3, -0.25) is 9.59 Å². The average molecular weight is 325 g/mol. The van der Waals surface area contributed by atoms with Gasteiger partial charge in [0, 0.05) is 19.7 Å². The molecule has 1 N–H and O–H groups in total. The minimum absolute atomic E-state index is 0.0519. The number of carbonyl (C=O) groups is 2. The van der Waals surface area contributed by atoms with E-state index in [1.165, 1.54) is 0 Å². The Kier molecular flexibility index (Phi) is 4.46. The van der Waals surface area contributed by atoms with Crippen LogP contribution < -0.4 is 10.1 Å². The number of likely N-dealkylation sites (tertiary alicyclic amines) is 1. The van der Waals surface area contributed by atoms with Crippen molar-refractivity contribution in [2.75, 3.05) is 19.5 Å². The number of benzene rings is 1. The number of nitrogens with one attached hydrogen (secondary N) is 1. The van der Waals surface area contributed by atoms with Gasteiger partial charge in [-0.15, -0.1) is 0 Å². The highest BCUT2D eigenvalue weighted by Gasteiger charge is 2.42. The van der Waals surface area contributed by atoms with Crippen LogP contribution in [0.2, 0.25) is 0 Å². The molecule has 1 aromatic carbocycles. The molecule has 24 heavy (non-hydrogen) atoms. The molecule has 6 heteroatoms. The number of nitrogens with zero attached hydrogens (tertiary/aromatic N) is 2. The predicted octanol–water partition coefficient (Wildman–Crippen LogP) is 2.25. The Bertz CT molecular complexity index is 748. The molecule has 0 radical (unpaired) electrons.